The minimum absolute atomic E-state index is 0.119. The van der Waals surface area contributed by atoms with Gasteiger partial charge < -0.3 is 15.2 Å². The Morgan fingerprint density at radius 2 is 2.00 bits per heavy atom. The van der Waals surface area contributed by atoms with Gasteiger partial charge in [0, 0.05) is 11.8 Å². The third kappa shape index (κ3) is 3.19. The summed E-state index contributed by atoms with van der Waals surface area (Å²) in [4.78, 5) is 4.04. The molecule has 0 spiro atoms. The zero-order valence-corrected chi connectivity index (χ0v) is 11.6. The summed E-state index contributed by atoms with van der Waals surface area (Å²) in [6.07, 6.45) is 1.51. The number of nitrogens with zero attached hydrogens (tertiary/aromatic N) is 1. The third-order valence-electron chi connectivity index (χ3n) is 2.68. The van der Waals surface area contributed by atoms with Crippen molar-refractivity contribution in [1.29, 1.82) is 5.41 Å². The number of amidine groups is 1. The molecule has 20 heavy (non-hydrogen) atoms. The maximum atomic E-state index is 7.41. The summed E-state index contributed by atoms with van der Waals surface area (Å²) >= 11 is 6.09. The van der Waals surface area contributed by atoms with Gasteiger partial charge in [-0.25, -0.2) is 4.98 Å². The van der Waals surface area contributed by atoms with Crippen LogP contribution in [-0.2, 0) is 6.61 Å². The zero-order chi connectivity index (χ0) is 14.5. The van der Waals surface area contributed by atoms with E-state index >= 15 is 0 Å². The van der Waals surface area contributed by atoms with Gasteiger partial charge >= 0.3 is 0 Å². The van der Waals surface area contributed by atoms with Crippen LogP contribution in [0.4, 0.5) is 0 Å². The fraction of sp³-hybridized carbons (Fsp3) is 0.143. The lowest BCUT2D eigenvalue weighted by Crippen LogP contribution is -2.12. The monoisotopic (exact) mass is 291 g/mol. The molecule has 1 aromatic heterocycles. The Bertz CT molecular complexity index is 614. The van der Waals surface area contributed by atoms with E-state index in [1.807, 2.05) is 24.3 Å². The molecule has 5 nitrogen and oxygen atoms in total. The smallest absolute Gasteiger partial charge is 0.233 e. The first-order chi connectivity index (χ1) is 9.61. The quantitative estimate of drug-likeness (QED) is 0.655. The zero-order valence-electron chi connectivity index (χ0n) is 10.9. The largest absolute Gasteiger partial charge is 0.497 e. The van der Waals surface area contributed by atoms with E-state index in [-0.39, 0.29) is 16.7 Å². The van der Waals surface area contributed by atoms with Crippen molar-refractivity contribution in [1.82, 2.24) is 4.98 Å². The van der Waals surface area contributed by atoms with Crippen molar-refractivity contribution in [2.75, 3.05) is 7.11 Å². The van der Waals surface area contributed by atoms with Crippen LogP contribution in [0.25, 0.3) is 0 Å². The molecule has 6 heteroatoms. The highest BCUT2D eigenvalue weighted by atomic mass is 35.5. The predicted molar refractivity (Wildman–Crippen MR) is 77.6 cm³/mol. The summed E-state index contributed by atoms with van der Waals surface area (Å²) < 4.78 is 10.6. The van der Waals surface area contributed by atoms with Crippen LogP contribution in [0.5, 0.6) is 11.6 Å². The Hall–Kier alpha value is -2.27. The van der Waals surface area contributed by atoms with Crippen molar-refractivity contribution >= 4 is 17.4 Å². The number of rotatable bonds is 5. The molecule has 0 saturated heterocycles. The fourth-order valence-electron chi connectivity index (χ4n) is 1.61. The molecule has 0 saturated carbocycles. The molecule has 1 heterocycles. The molecular weight excluding hydrogens is 278 g/mol. The molecular formula is C14H14ClN3O2. The average molecular weight is 292 g/mol. The van der Waals surface area contributed by atoms with E-state index in [1.54, 1.807) is 13.2 Å². The predicted octanol–water partition coefficient (Wildman–Crippen LogP) is 2.61. The van der Waals surface area contributed by atoms with Crippen molar-refractivity contribution in [2.24, 2.45) is 5.73 Å². The topological polar surface area (TPSA) is 81.2 Å². The van der Waals surface area contributed by atoms with Crippen molar-refractivity contribution < 1.29 is 9.47 Å². The second-order valence-electron chi connectivity index (χ2n) is 4.03. The van der Waals surface area contributed by atoms with Gasteiger partial charge in [-0.1, -0.05) is 23.7 Å². The van der Waals surface area contributed by atoms with E-state index in [2.05, 4.69) is 4.98 Å². The number of ether oxygens (including phenoxy) is 2. The van der Waals surface area contributed by atoms with Gasteiger partial charge in [0.15, 0.2) is 0 Å². The minimum Gasteiger partial charge on any atom is -0.497 e. The van der Waals surface area contributed by atoms with E-state index in [1.165, 1.54) is 6.20 Å². The maximum absolute atomic E-state index is 7.41. The van der Waals surface area contributed by atoms with Crippen LogP contribution in [0.2, 0.25) is 5.02 Å². The number of hydrogen-bond acceptors (Lipinski definition) is 4. The van der Waals surface area contributed by atoms with Crippen molar-refractivity contribution in [3.05, 3.63) is 52.7 Å². The SMILES string of the molecule is COc1ccc(COc2nccc(C(=N)N)c2Cl)cc1. The second-order valence-corrected chi connectivity index (χ2v) is 4.41. The molecule has 0 unspecified atom stereocenters. The number of halogens is 1. The van der Waals surface area contributed by atoms with Gasteiger partial charge in [0.2, 0.25) is 5.88 Å². The summed E-state index contributed by atoms with van der Waals surface area (Å²) in [7, 11) is 1.61. The number of nitrogens with one attached hydrogen (secondary N) is 1. The lowest BCUT2D eigenvalue weighted by atomic mass is 10.2. The Morgan fingerprint density at radius 1 is 1.30 bits per heavy atom. The first kappa shape index (κ1) is 14.1. The maximum Gasteiger partial charge on any atom is 0.233 e. The molecule has 104 valence electrons. The van der Waals surface area contributed by atoms with Crippen LogP contribution in [0, 0.1) is 5.41 Å². The van der Waals surface area contributed by atoms with Crippen molar-refractivity contribution in [2.45, 2.75) is 6.61 Å². The number of methoxy groups -OCH3 is 1. The highest BCUT2D eigenvalue weighted by Crippen LogP contribution is 2.26. The summed E-state index contributed by atoms with van der Waals surface area (Å²) in [5.41, 5.74) is 6.79. The number of benzene rings is 1. The van der Waals surface area contributed by atoms with Crippen LogP contribution in [0.3, 0.4) is 0 Å². The molecule has 0 aliphatic rings. The summed E-state index contributed by atoms with van der Waals surface area (Å²) in [6.45, 7) is 0.318. The van der Waals surface area contributed by atoms with E-state index < -0.39 is 0 Å². The molecule has 0 aliphatic heterocycles. The van der Waals surface area contributed by atoms with Crippen LogP contribution in [0.1, 0.15) is 11.1 Å². The Balaban J connectivity index is 2.10. The third-order valence-corrected chi connectivity index (χ3v) is 3.05. The van der Waals surface area contributed by atoms with Crippen molar-refractivity contribution in [3.8, 4) is 11.6 Å². The molecule has 0 fully saturated rings. The van der Waals surface area contributed by atoms with Gasteiger partial charge in [-0.2, -0.15) is 0 Å². The van der Waals surface area contributed by atoms with Gasteiger partial charge in [-0.15, -0.1) is 0 Å². The summed E-state index contributed by atoms with van der Waals surface area (Å²) in [5.74, 6) is 0.922. The molecule has 0 radical (unpaired) electrons. The van der Waals surface area contributed by atoms with E-state index in [4.69, 9.17) is 32.2 Å². The van der Waals surface area contributed by atoms with Crippen LogP contribution in [-0.4, -0.2) is 17.9 Å². The van der Waals surface area contributed by atoms with Gasteiger partial charge in [-0.05, 0) is 23.8 Å². The lowest BCUT2D eigenvalue weighted by Gasteiger charge is -2.09. The standard InChI is InChI=1S/C14H14ClN3O2/c1-19-10-4-2-9(3-5-10)8-20-14-12(15)11(13(16)17)6-7-18-14/h2-7H,8H2,1H3,(H3,16,17). The van der Waals surface area contributed by atoms with Gasteiger partial charge in [0.1, 0.15) is 23.2 Å². The van der Waals surface area contributed by atoms with Gasteiger partial charge in [0.05, 0.1) is 7.11 Å². The van der Waals surface area contributed by atoms with Crippen LogP contribution < -0.4 is 15.2 Å². The summed E-state index contributed by atoms with van der Waals surface area (Å²) in [5, 5.41) is 7.65. The molecule has 2 rings (SSSR count). The molecule has 2 aromatic rings. The molecule has 1 aromatic carbocycles. The van der Waals surface area contributed by atoms with Gasteiger partial charge in [0.25, 0.3) is 0 Å². The minimum atomic E-state index is -0.119. The molecule has 0 atom stereocenters. The van der Waals surface area contributed by atoms with Crippen molar-refractivity contribution in [3.63, 3.8) is 0 Å². The second kappa shape index (κ2) is 6.25. The number of aromatic nitrogens is 1. The van der Waals surface area contributed by atoms with E-state index in [0.29, 0.717) is 12.2 Å². The number of nitrogen functional groups attached to an aromatic ring is 1. The number of nitrogens with two attached hydrogens (primary N) is 1. The summed E-state index contributed by atoms with van der Waals surface area (Å²) in [6, 6.07) is 9.05. The Morgan fingerprint density at radius 3 is 2.60 bits per heavy atom. The normalized spacial score (nSPS) is 10.1. The Kier molecular flexibility index (Phi) is 4.42. The lowest BCUT2D eigenvalue weighted by molar-refractivity contribution is 0.294. The molecule has 0 bridgehead atoms. The van der Waals surface area contributed by atoms with E-state index in [9.17, 15) is 0 Å². The van der Waals surface area contributed by atoms with Crippen LogP contribution >= 0.6 is 11.6 Å². The fourth-order valence-corrected chi connectivity index (χ4v) is 1.87. The first-order valence-corrected chi connectivity index (χ1v) is 6.24. The Labute approximate surface area is 121 Å². The first-order valence-electron chi connectivity index (χ1n) is 5.86. The number of hydrogen-bond donors (Lipinski definition) is 2. The van der Waals surface area contributed by atoms with Gasteiger partial charge in [-0.3, -0.25) is 5.41 Å². The number of pyridine rings is 1. The molecule has 0 amide bonds. The molecule has 0 aliphatic carbocycles. The molecule has 3 N–H and O–H groups in total. The highest BCUT2D eigenvalue weighted by Gasteiger charge is 2.11. The average Bonchev–Trinajstić information content (AvgIpc) is 2.46. The highest BCUT2D eigenvalue weighted by molar-refractivity contribution is 6.35. The van der Waals surface area contributed by atoms with E-state index in [0.717, 1.165) is 11.3 Å². The van der Waals surface area contributed by atoms with Crippen LogP contribution in [0.15, 0.2) is 36.5 Å².